The maximum absolute atomic E-state index is 11.3. The zero-order valence-electron chi connectivity index (χ0n) is 8.68. The minimum atomic E-state index is -3.49. The number of aromatic nitrogens is 2. The standard InChI is InChI=1S/C8H12N2O4S/c1-4-5-6(7(11)12)9-8(10(5)2)15(3,13)14/h4H2,1-3H3,(H,11,12). The van der Waals surface area contributed by atoms with Crippen LogP contribution in [0.2, 0.25) is 0 Å². The first-order valence-corrected chi connectivity index (χ1v) is 6.17. The second-order valence-electron chi connectivity index (χ2n) is 3.18. The van der Waals surface area contributed by atoms with Gasteiger partial charge in [0.25, 0.3) is 0 Å². The van der Waals surface area contributed by atoms with Gasteiger partial charge in [0, 0.05) is 13.3 Å². The average molecular weight is 232 g/mol. The molecule has 1 rings (SSSR count). The molecule has 0 spiro atoms. The maximum Gasteiger partial charge on any atom is 0.356 e. The molecule has 1 N–H and O–H groups in total. The van der Waals surface area contributed by atoms with Crippen molar-refractivity contribution in [1.29, 1.82) is 0 Å². The number of carboxylic acids is 1. The van der Waals surface area contributed by atoms with E-state index in [0.717, 1.165) is 6.26 Å². The number of hydrogen-bond acceptors (Lipinski definition) is 4. The fraction of sp³-hybridized carbons (Fsp3) is 0.500. The topological polar surface area (TPSA) is 89.3 Å². The molecule has 6 nitrogen and oxygen atoms in total. The quantitative estimate of drug-likeness (QED) is 0.797. The molecule has 1 heterocycles. The molecule has 0 atom stereocenters. The van der Waals surface area contributed by atoms with Gasteiger partial charge in [-0.2, -0.15) is 0 Å². The predicted octanol–water partition coefficient (Wildman–Crippen LogP) is 0.0842. The van der Waals surface area contributed by atoms with Crippen LogP contribution >= 0.6 is 0 Å². The molecule has 15 heavy (non-hydrogen) atoms. The summed E-state index contributed by atoms with van der Waals surface area (Å²) in [5.74, 6) is -1.21. The van der Waals surface area contributed by atoms with Gasteiger partial charge in [0.2, 0.25) is 15.0 Å². The molecule has 0 fully saturated rings. The smallest absolute Gasteiger partial charge is 0.356 e. The van der Waals surface area contributed by atoms with Crippen molar-refractivity contribution in [3.8, 4) is 0 Å². The summed E-state index contributed by atoms with van der Waals surface area (Å²) in [7, 11) is -2.00. The highest BCUT2D eigenvalue weighted by Gasteiger charge is 2.23. The van der Waals surface area contributed by atoms with E-state index in [1.54, 1.807) is 6.92 Å². The first-order chi connectivity index (χ1) is 6.79. The van der Waals surface area contributed by atoms with E-state index in [9.17, 15) is 13.2 Å². The van der Waals surface area contributed by atoms with E-state index in [2.05, 4.69) is 4.98 Å². The van der Waals surface area contributed by atoms with Gasteiger partial charge in [-0.1, -0.05) is 6.92 Å². The Morgan fingerprint density at radius 1 is 1.53 bits per heavy atom. The lowest BCUT2D eigenvalue weighted by Gasteiger charge is -2.01. The lowest BCUT2D eigenvalue weighted by Crippen LogP contribution is -2.07. The van der Waals surface area contributed by atoms with Crippen molar-refractivity contribution in [3.05, 3.63) is 11.4 Å². The number of imidazole rings is 1. The largest absolute Gasteiger partial charge is 0.476 e. The Morgan fingerprint density at radius 3 is 2.33 bits per heavy atom. The number of sulfone groups is 1. The summed E-state index contributed by atoms with van der Waals surface area (Å²) in [6.07, 6.45) is 1.42. The van der Waals surface area contributed by atoms with Crippen molar-refractivity contribution >= 4 is 15.8 Å². The van der Waals surface area contributed by atoms with Crippen molar-refractivity contribution in [1.82, 2.24) is 9.55 Å². The van der Waals surface area contributed by atoms with Gasteiger partial charge >= 0.3 is 5.97 Å². The van der Waals surface area contributed by atoms with Crippen LogP contribution < -0.4 is 0 Å². The molecule has 1 aromatic rings. The van der Waals surface area contributed by atoms with Crippen LogP contribution in [0.5, 0.6) is 0 Å². The number of nitrogens with zero attached hydrogens (tertiary/aromatic N) is 2. The molecule has 0 radical (unpaired) electrons. The third kappa shape index (κ3) is 2.01. The molecule has 0 saturated carbocycles. The van der Waals surface area contributed by atoms with Crippen LogP contribution in [-0.4, -0.2) is 35.3 Å². The van der Waals surface area contributed by atoms with Gasteiger partial charge in [0.15, 0.2) is 5.69 Å². The maximum atomic E-state index is 11.3. The van der Waals surface area contributed by atoms with Crippen LogP contribution in [0.3, 0.4) is 0 Å². The monoisotopic (exact) mass is 232 g/mol. The average Bonchev–Trinajstić information content (AvgIpc) is 2.41. The Labute approximate surface area is 87.5 Å². The van der Waals surface area contributed by atoms with Gasteiger partial charge in [-0.15, -0.1) is 0 Å². The van der Waals surface area contributed by atoms with Crippen LogP contribution in [0.25, 0.3) is 0 Å². The van der Waals surface area contributed by atoms with Gasteiger partial charge in [-0.3, -0.25) is 0 Å². The molecule has 0 aromatic carbocycles. The summed E-state index contributed by atoms with van der Waals surface area (Å²) in [5.41, 5.74) is 0.211. The molecule has 0 bridgehead atoms. The predicted molar refractivity (Wildman–Crippen MR) is 52.7 cm³/mol. The third-order valence-corrected chi connectivity index (χ3v) is 3.07. The van der Waals surface area contributed by atoms with Gasteiger partial charge in [-0.25, -0.2) is 18.2 Å². The summed E-state index contributed by atoms with van der Waals surface area (Å²) < 4.78 is 23.9. The molecule has 0 amide bonds. The number of carbonyl (C=O) groups is 1. The lowest BCUT2D eigenvalue weighted by molar-refractivity contribution is 0.0689. The highest BCUT2D eigenvalue weighted by Crippen LogP contribution is 2.15. The molecule has 0 aliphatic carbocycles. The molecular weight excluding hydrogens is 220 g/mol. The zero-order valence-corrected chi connectivity index (χ0v) is 9.50. The minimum Gasteiger partial charge on any atom is -0.476 e. The highest BCUT2D eigenvalue weighted by atomic mass is 32.2. The normalized spacial score (nSPS) is 11.7. The highest BCUT2D eigenvalue weighted by molar-refractivity contribution is 7.90. The van der Waals surface area contributed by atoms with E-state index in [1.165, 1.54) is 11.6 Å². The van der Waals surface area contributed by atoms with Gasteiger partial charge < -0.3 is 9.67 Å². The van der Waals surface area contributed by atoms with Gasteiger partial charge in [-0.05, 0) is 6.42 Å². The Morgan fingerprint density at radius 2 is 2.07 bits per heavy atom. The van der Waals surface area contributed by atoms with Crippen molar-refractivity contribution in [2.24, 2.45) is 7.05 Å². The van der Waals surface area contributed by atoms with Crippen molar-refractivity contribution in [2.45, 2.75) is 18.5 Å². The second kappa shape index (κ2) is 3.65. The first kappa shape index (κ1) is 11.7. The molecule has 84 valence electrons. The van der Waals surface area contributed by atoms with E-state index in [1.807, 2.05) is 0 Å². The third-order valence-electron chi connectivity index (χ3n) is 2.04. The molecule has 0 aliphatic heterocycles. The van der Waals surface area contributed by atoms with Crippen molar-refractivity contribution < 1.29 is 18.3 Å². The Hall–Kier alpha value is -1.37. The molecule has 0 saturated heterocycles. The van der Waals surface area contributed by atoms with Gasteiger partial charge in [0.1, 0.15) is 0 Å². The molecule has 0 aliphatic rings. The van der Waals surface area contributed by atoms with E-state index >= 15 is 0 Å². The number of hydrogen-bond donors (Lipinski definition) is 1. The number of rotatable bonds is 3. The Kier molecular flexibility index (Phi) is 2.85. The van der Waals surface area contributed by atoms with Gasteiger partial charge in [0.05, 0.1) is 5.69 Å². The molecule has 0 unspecified atom stereocenters. The summed E-state index contributed by atoms with van der Waals surface area (Å²) in [4.78, 5) is 14.4. The van der Waals surface area contributed by atoms with Crippen LogP contribution in [-0.2, 0) is 23.3 Å². The Bertz CT molecular complexity index is 501. The molecule has 7 heteroatoms. The molecule has 1 aromatic heterocycles. The zero-order chi connectivity index (χ0) is 11.8. The minimum absolute atomic E-state index is 0.194. The summed E-state index contributed by atoms with van der Waals surface area (Å²) in [5, 5.41) is 8.62. The molecular formula is C8H12N2O4S. The van der Waals surface area contributed by atoms with Crippen LogP contribution in [0.15, 0.2) is 5.16 Å². The Balaban J connectivity index is 3.55. The SMILES string of the molecule is CCc1c(C(=O)O)nc(S(C)(=O)=O)n1C. The van der Waals surface area contributed by atoms with Crippen molar-refractivity contribution in [3.63, 3.8) is 0 Å². The van der Waals surface area contributed by atoms with E-state index < -0.39 is 15.8 Å². The van der Waals surface area contributed by atoms with E-state index in [4.69, 9.17) is 5.11 Å². The summed E-state index contributed by atoms with van der Waals surface area (Å²) in [6, 6.07) is 0. The number of aromatic carboxylic acids is 1. The summed E-state index contributed by atoms with van der Waals surface area (Å²) >= 11 is 0. The van der Waals surface area contributed by atoms with E-state index in [-0.39, 0.29) is 10.9 Å². The summed E-state index contributed by atoms with van der Waals surface area (Å²) in [6.45, 7) is 1.75. The van der Waals surface area contributed by atoms with Crippen LogP contribution in [0, 0.1) is 0 Å². The van der Waals surface area contributed by atoms with Crippen LogP contribution in [0.4, 0.5) is 0 Å². The number of carboxylic acid groups (broad SMARTS) is 1. The second-order valence-corrected chi connectivity index (χ2v) is 5.09. The van der Waals surface area contributed by atoms with E-state index in [0.29, 0.717) is 12.1 Å². The fourth-order valence-electron chi connectivity index (χ4n) is 1.42. The van der Waals surface area contributed by atoms with Crippen molar-refractivity contribution in [2.75, 3.05) is 6.26 Å². The first-order valence-electron chi connectivity index (χ1n) is 4.28. The fourth-order valence-corrected chi connectivity index (χ4v) is 2.28. The van der Waals surface area contributed by atoms with Crippen LogP contribution in [0.1, 0.15) is 23.1 Å². The lowest BCUT2D eigenvalue weighted by atomic mass is 10.2.